The van der Waals surface area contributed by atoms with Crippen molar-refractivity contribution in [3.63, 3.8) is 0 Å². The smallest absolute Gasteiger partial charge is 0.337 e. The van der Waals surface area contributed by atoms with E-state index in [9.17, 15) is 4.79 Å². The first kappa shape index (κ1) is 11.1. The number of anilines is 1. The van der Waals surface area contributed by atoms with E-state index in [4.69, 9.17) is 10.8 Å². The summed E-state index contributed by atoms with van der Waals surface area (Å²) in [6, 6.07) is 0. The molecule has 0 unspecified atom stereocenters. The number of aryl methyl sites for hydroxylation is 1. The van der Waals surface area contributed by atoms with E-state index < -0.39 is 5.97 Å². The molecule has 3 N–H and O–H groups in total. The van der Waals surface area contributed by atoms with Crippen molar-refractivity contribution in [1.29, 1.82) is 0 Å². The molecule has 0 aliphatic rings. The van der Waals surface area contributed by atoms with Crippen LogP contribution in [-0.2, 0) is 7.05 Å². The van der Waals surface area contributed by atoms with Crippen LogP contribution in [0.4, 0.5) is 5.69 Å². The molecule has 17 heavy (non-hydrogen) atoms. The number of carbonyl (C=O) groups is 1. The lowest BCUT2D eigenvalue weighted by atomic mass is 10.0. The van der Waals surface area contributed by atoms with Gasteiger partial charge in [0, 0.05) is 31.2 Å². The van der Waals surface area contributed by atoms with Gasteiger partial charge in [-0.1, -0.05) is 0 Å². The molecular weight excluding hydrogens is 220 g/mol. The molecule has 88 valence electrons. The lowest BCUT2D eigenvalue weighted by molar-refractivity contribution is 0.0695. The number of nitrogens with two attached hydrogens (primary N) is 1. The minimum atomic E-state index is -1.01. The molecule has 0 aliphatic heterocycles. The van der Waals surface area contributed by atoms with Crippen LogP contribution >= 0.6 is 0 Å². The molecule has 0 saturated carbocycles. The Hall–Kier alpha value is -2.37. The lowest BCUT2D eigenvalue weighted by Crippen LogP contribution is -2.03. The molecule has 0 spiro atoms. The average molecular weight is 232 g/mol. The molecule has 0 bridgehead atoms. The van der Waals surface area contributed by atoms with Gasteiger partial charge in [-0.3, -0.25) is 9.67 Å². The van der Waals surface area contributed by atoms with Gasteiger partial charge >= 0.3 is 5.97 Å². The van der Waals surface area contributed by atoms with E-state index in [0.717, 1.165) is 0 Å². The minimum Gasteiger partial charge on any atom is -0.478 e. The van der Waals surface area contributed by atoms with Gasteiger partial charge < -0.3 is 10.8 Å². The molecule has 2 heterocycles. The molecule has 0 radical (unpaired) electrons. The quantitative estimate of drug-likeness (QED) is 0.807. The van der Waals surface area contributed by atoms with Crippen LogP contribution in [0.25, 0.3) is 11.3 Å². The fourth-order valence-electron chi connectivity index (χ4n) is 1.70. The largest absolute Gasteiger partial charge is 0.478 e. The maximum atomic E-state index is 11.0. The number of nitrogens with zero attached hydrogens (tertiary/aromatic N) is 3. The molecule has 2 aromatic heterocycles. The summed E-state index contributed by atoms with van der Waals surface area (Å²) in [5, 5.41) is 13.2. The maximum Gasteiger partial charge on any atom is 0.337 e. The van der Waals surface area contributed by atoms with Crippen LogP contribution in [0.2, 0.25) is 0 Å². The molecule has 2 rings (SSSR count). The number of hydrogen-bond donors (Lipinski definition) is 2. The van der Waals surface area contributed by atoms with Crippen LogP contribution < -0.4 is 5.73 Å². The predicted octanol–water partition coefficient (Wildman–Crippen LogP) is 1.07. The molecule has 0 fully saturated rings. The van der Waals surface area contributed by atoms with Gasteiger partial charge in [-0.05, 0) is 12.5 Å². The number of pyridine rings is 1. The molecular formula is C11H12N4O2. The number of rotatable bonds is 2. The van der Waals surface area contributed by atoms with Crippen molar-refractivity contribution in [2.45, 2.75) is 6.92 Å². The molecule has 6 nitrogen and oxygen atoms in total. The van der Waals surface area contributed by atoms with Crippen molar-refractivity contribution in [1.82, 2.24) is 14.8 Å². The average Bonchev–Trinajstić information content (AvgIpc) is 2.57. The monoisotopic (exact) mass is 232 g/mol. The van der Waals surface area contributed by atoms with Crippen molar-refractivity contribution in [3.8, 4) is 11.3 Å². The topological polar surface area (TPSA) is 94.0 Å². The van der Waals surface area contributed by atoms with Gasteiger partial charge in [-0.2, -0.15) is 5.10 Å². The summed E-state index contributed by atoms with van der Waals surface area (Å²) in [5.74, 6) is -1.01. The lowest BCUT2D eigenvalue weighted by Gasteiger charge is -2.06. The van der Waals surface area contributed by atoms with Gasteiger partial charge in [-0.15, -0.1) is 0 Å². The third-order valence-electron chi connectivity index (χ3n) is 2.56. The second-order valence-corrected chi connectivity index (χ2v) is 3.77. The Morgan fingerprint density at radius 3 is 2.71 bits per heavy atom. The first-order valence-corrected chi connectivity index (χ1v) is 4.98. The number of aromatic carboxylic acids is 1. The number of carboxylic acids is 1. The Labute approximate surface area is 97.7 Å². The van der Waals surface area contributed by atoms with E-state index in [1.165, 1.54) is 6.20 Å². The standard InChI is InChI=1S/C11H12N4O2/c1-6-7(3-13-4-8(6)11(16)17)10-9(12)5-15(2)14-10/h3-5H,12H2,1-2H3,(H,16,17). The second kappa shape index (κ2) is 3.89. The number of carboxylic acid groups (broad SMARTS) is 1. The van der Waals surface area contributed by atoms with Crippen LogP contribution in [0, 0.1) is 6.92 Å². The number of aromatic nitrogens is 3. The molecule has 2 aromatic rings. The van der Waals surface area contributed by atoms with E-state index >= 15 is 0 Å². The Bertz CT molecular complexity index is 589. The Morgan fingerprint density at radius 1 is 1.47 bits per heavy atom. The SMILES string of the molecule is Cc1c(C(=O)O)cncc1-c1nn(C)cc1N. The zero-order valence-electron chi connectivity index (χ0n) is 9.51. The first-order chi connectivity index (χ1) is 8.00. The highest BCUT2D eigenvalue weighted by molar-refractivity contribution is 5.92. The van der Waals surface area contributed by atoms with E-state index in [1.807, 2.05) is 0 Å². The number of hydrogen-bond acceptors (Lipinski definition) is 4. The summed E-state index contributed by atoms with van der Waals surface area (Å²) >= 11 is 0. The first-order valence-electron chi connectivity index (χ1n) is 4.98. The van der Waals surface area contributed by atoms with Crippen LogP contribution in [-0.4, -0.2) is 25.8 Å². The number of nitrogen functional groups attached to an aromatic ring is 1. The molecule has 0 saturated heterocycles. The fourth-order valence-corrected chi connectivity index (χ4v) is 1.70. The summed E-state index contributed by atoms with van der Waals surface area (Å²) in [5.41, 5.74) is 8.28. The van der Waals surface area contributed by atoms with E-state index in [2.05, 4.69) is 10.1 Å². The normalized spacial score (nSPS) is 10.5. The summed E-state index contributed by atoms with van der Waals surface area (Å²) in [6.07, 6.45) is 4.56. The Balaban J connectivity index is 2.64. The highest BCUT2D eigenvalue weighted by Crippen LogP contribution is 2.27. The molecule has 0 aliphatic carbocycles. The minimum absolute atomic E-state index is 0.160. The molecule has 0 amide bonds. The van der Waals surface area contributed by atoms with Gasteiger partial charge in [0.15, 0.2) is 0 Å². The van der Waals surface area contributed by atoms with Gasteiger partial charge in [0.1, 0.15) is 5.69 Å². The summed E-state index contributed by atoms with van der Waals surface area (Å²) in [7, 11) is 1.75. The van der Waals surface area contributed by atoms with Crippen LogP contribution in [0.5, 0.6) is 0 Å². The summed E-state index contributed by atoms with van der Waals surface area (Å²) in [4.78, 5) is 14.9. The van der Waals surface area contributed by atoms with Gasteiger partial charge in [-0.25, -0.2) is 4.79 Å². The van der Waals surface area contributed by atoms with Gasteiger partial charge in [0.25, 0.3) is 0 Å². The van der Waals surface area contributed by atoms with Crippen LogP contribution in [0.1, 0.15) is 15.9 Å². The van der Waals surface area contributed by atoms with Crippen LogP contribution in [0.3, 0.4) is 0 Å². The Kier molecular flexibility index (Phi) is 2.55. The third-order valence-corrected chi connectivity index (χ3v) is 2.56. The molecule has 0 aromatic carbocycles. The highest BCUT2D eigenvalue weighted by Gasteiger charge is 2.15. The van der Waals surface area contributed by atoms with E-state index in [1.54, 1.807) is 31.0 Å². The van der Waals surface area contributed by atoms with Crippen LogP contribution in [0.15, 0.2) is 18.6 Å². The molecule has 0 atom stereocenters. The maximum absolute atomic E-state index is 11.0. The zero-order chi connectivity index (χ0) is 12.6. The van der Waals surface area contributed by atoms with Crippen molar-refractivity contribution >= 4 is 11.7 Å². The summed E-state index contributed by atoms with van der Waals surface area (Å²) in [6.45, 7) is 1.72. The second-order valence-electron chi connectivity index (χ2n) is 3.77. The van der Waals surface area contributed by atoms with Crippen molar-refractivity contribution in [2.75, 3.05) is 5.73 Å². The van der Waals surface area contributed by atoms with Gasteiger partial charge in [0.2, 0.25) is 0 Å². The molecule has 6 heteroatoms. The third kappa shape index (κ3) is 1.84. The van der Waals surface area contributed by atoms with Gasteiger partial charge in [0.05, 0.1) is 11.3 Å². The Morgan fingerprint density at radius 2 is 2.18 bits per heavy atom. The zero-order valence-corrected chi connectivity index (χ0v) is 9.51. The van der Waals surface area contributed by atoms with Crippen molar-refractivity contribution < 1.29 is 9.90 Å². The van der Waals surface area contributed by atoms with E-state index in [0.29, 0.717) is 22.5 Å². The fraction of sp³-hybridized carbons (Fsp3) is 0.182. The van der Waals surface area contributed by atoms with Crippen molar-refractivity contribution in [2.24, 2.45) is 7.05 Å². The van der Waals surface area contributed by atoms with E-state index in [-0.39, 0.29) is 5.56 Å². The predicted molar refractivity (Wildman–Crippen MR) is 62.5 cm³/mol. The highest BCUT2D eigenvalue weighted by atomic mass is 16.4. The summed E-state index contributed by atoms with van der Waals surface area (Å²) < 4.78 is 1.58. The van der Waals surface area contributed by atoms with Crippen molar-refractivity contribution in [3.05, 3.63) is 29.7 Å².